The molecule has 0 heterocycles. The van der Waals surface area contributed by atoms with Crippen LogP contribution in [0.5, 0.6) is 0 Å². The molecule has 0 aliphatic rings. The minimum atomic E-state index is -1.07. The molecule has 0 aliphatic carbocycles. The van der Waals surface area contributed by atoms with E-state index in [1.807, 2.05) is 0 Å². The number of benzene rings is 1. The van der Waals surface area contributed by atoms with Crippen molar-refractivity contribution >= 4 is 15.0 Å². The van der Waals surface area contributed by atoms with Gasteiger partial charge >= 0.3 is 71.5 Å². The average Bonchev–Trinajstić information content (AvgIpc) is 2.63. The van der Waals surface area contributed by atoms with Gasteiger partial charge in [-0.3, -0.25) is 9.59 Å². The van der Waals surface area contributed by atoms with E-state index in [0.717, 1.165) is 45.4 Å². The Morgan fingerprint density at radius 3 is 1.96 bits per heavy atom. The van der Waals surface area contributed by atoms with Crippen molar-refractivity contribution in [2.75, 3.05) is 0 Å². The summed E-state index contributed by atoms with van der Waals surface area (Å²) in [5, 5.41) is 17.4. The zero-order chi connectivity index (χ0) is 20.3. The SMILES string of the molecule is CCCCCCCCCCC=CC(CC(=O)O)C(=O)O.[Hg][c]1ccccc1. The zero-order valence-corrected chi connectivity index (χ0v) is 22.1. The first-order chi connectivity index (χ1) is 13.0. The topological polar surface area (TPSA) is 74.6 Å². The van der Waals surface area contributed by atoms with Crippen molar-refractivity contribution in [3.63, 3.8) is 0 Å². The van der Waals surface area contributed by atoms with E-state index in [1.54, 1.807) is 6.08 Å². The fourth-order valence-corrected chi connectivity index (χ4v) is 3.62. The fraction of sp³-hybridized carbons (Fsp3) is 0.545. The van der Waals surface area contributed by atoms with Gasteiger partial charge in [-0.2, -0.15) is 0 Å². The van der Waals surface area contributed by atoms with Gasteiger partial charge in [-0.05, 0) is 12.8 Å². The van der Waals surface area contributed by atoms with Gasteiger partial charge in [0.25, 0.3) is 0 Å². The molecule has 1 rings (SSSR count). The van der Waals surface area contributed by atoms with Crippen LogP contribution in [0.3, 0.4) is 0 Å². The van der Waals surface area contributed by atoms with E-state index in [9.17, 15) is 9.59 Å². The Kier molecular flexibility index (Phi) is 17.4. The summed E-state index contributed by atoms with van der Waals surface area (Å²) in [6, 6.07) is 10.6. The van der Waals surface area contributed by atoms with Gasteiger partial charge in [-0.1, -0.05) is 64.0 Å². The summed E-state index contributed by atoms with van der Waals surface area (Å²) in [4.78, 5) is 21.3. The van der Waals surface area contributed by atoms with Gasteiger partial charge in [0.2, 0.25) is 0 Å². The number of carboxylic acid groups (broad SMARTS) is 2. The van der Waals surface area contributed by atoms with Gasteiger partial charge in [-0.25, -0.2) is 0 Å². The molecule has 0 saturated carbocycles. The number of aliphatic carboxylic acids is 2. The maximum atomic E-state index is 10.8. The van der Waals surface area contributed by atoms with Gasteiger partial charge in [0.1, 0.15) is 0 Å². The third kappa shape index (κ3) is 18.0. The molecule has 1 unspecified atom stereocenters. The molecule has 0 fully saturated rings. The van der Waals surface area contributed by atoms with Crippen LogP contribution in [0.15, 0.2) is 42.5 Å². The van der Waals surface area contributed by atoms with Crippen LogP contribution in [0.2, 0.25) is 0 Å². The Bertz CT molecular complexity index is 528. The number of allylic oxidation sites excluding steroid dienone is 1. The zero-order valence-electron chi connectivity index (χ0n) is 16.6. The molecule has 0 aromatic heterocycles. The predicted molar refractivity (Wildman–Crippen MR) is 106 cm³/mol. The molecule has 0 amide bonds. The number of hydrogen-bond donors (Lipinski definition) is 2. The third-order valence-electron chi connectivity index (χ3n) is 4.15. The molecule has 5 heteroatoms. The van der Waals surface area contributed by atoms with Crippen LogP contribution in [0.25, 0.3) is 0 Å². The number of unbranched alkanes of at least 4 members (excludes halogenated alkanes) is 8. The van der Waals surface area contributed by atoms with Gasteiger partial charge in [0.05, 0.1) is 12.3 Å². The van der Waals surface area contributed by atoms with Crippen LogP contribution in [-0.2, 0) is 35.7 Å². The molecule has 0 aliphatic heterocycles. The summed E-state index contributed by atoms with van der Waals surface area (Å²) in [5.41, 5.74) is 0. The Labute approximate surface area is 180 Å². The quantitative estimate of drug-likeness (QED) is 0.199. The first-order valence-electron chi connectivity index (χ1n) is 9.95. The molecule has 27 heavy (non-hydrogen) atoms. The van der Waals surface area contributed by atoms with Gasteiger partial charge < -0.3 is 10.2 Å². The molecule has 1 aromatic rings. The molecule has 147 valence electrons. The first-order valence-corrected chi connectivity index (χ1v) is 12.7. The van der Waals surface area contributed by atoms with Crippen LogP contribution in [0, 0.1) is 5.92 Å². The standard InChI is InChI=1S/C16H28O4.C6H5.Hg/c1-2-3-4-5-6-7-8-9-10-11-12-14(16(19)20)13-15(17)18;1-2-4-6-5-3-1;/h11-12,14H,2-10,13H2,1H3,(H,17,18)(H,19,20);1-5H;. The Morgan fingerprint density at radius 1 is 0.963 bits per heavy atom. The van der Waals surface area contributed by atoms with Gasteiger partial charge in [0, 0.05) is 0 Å². The normalized spacial score (nSPS) is 11.7. The molecule has 2 N–H and O–H groups in total. The van der Waals surface area contributed by atoms with Crippen molar-refractivity contribution < 1.29 is 45.9 Å². The van der Waals surface area contributed by atoms with Crippen LogP contribution in [0.1, 0.15) is 71.1 Å². The molecular weight excluding hydrogens is 529 g/mol. The van der Waals surface area contributed by atoms with Crippen LogP contribution in [0.4, 0.5) is 0 Å². The van der Waals surface area contributed by atoms with E-state index in [-0.39, 0.29) is 6.42 Å². The van der Waals surface area contributed by atoms with Crippen LogP contribution in [-0.4, -0.2) is 22.2 Å². The summed E-state index contributed by atoms with van der Waals surface area (Å²) in [7, 11) is 0. The monoisotopic (exact) mass is 563 g/mol. The van der Waals surface area contributed by atoms with Crippen molar-refractivity contribution in [3.05, 3.63) is 42.5 Å². The number of carbonyl (C=O) groups is 2. The van der Waals surface area contributed by atoms with E-state index >= 15 is 0 Å². The van der Waals surface area contributed by atoms with Crippen molar-refractivity contribution in [1.82, 2.24) is 0 Å². The average molecular weight is 562 g/mol. The molecule has 1 atom stereocenters. The fourth-order valence-electron chi connectivity index (χ4n) is 2.56. The summed E-state index contributed by atoms with van der Waals surface area (Å²) in [6.07, 6.45) is 13.7. The second-order valence-electron chi connectivity index (χ2n) is 6.72. The molecule has 0 bridgehead atoms. The van der Waals surface area contributed by atoms with E-state index in [1.165, 1.54) is 47.7 Å². The van der Waals surface area contributed by atoms with Crippen molar-refractivity contribution in [1.29, 1.82) is 0 Å². The summed E-state index contributed by atoms with van der Waals surface area (Å²) in [6.45, 7) is 2.21. The maximum absolute atomic E-state index is 10.8. The first kappa shape index (κ1) is 25.8. The number of rotatable bonds is 13. The van der Waals surface area contributed by atoms with Gasteiger partial charge in [0.15, 0.2) is 0 Å². The Balaban J connectivity index is 0.000000797. The predicted octanol–water partition coefficient (Wildman–Crippen LogP) is 5.11. The number of carboxylic acids is 2. The van der Waals surface area contributed by atoms with Crippen LogP contribution >= 0.6 is 0 Å². The van der Waals surface area contributed by atoms with E-state index < -0.39 is 17.9 Å². The van der Waals surface area contributed by atoms with Crippen molar-refractivity contribution in [3.8, 4) is 0 Å². The second-order valence-corrected chi connectivity index (χ2v) is 9.89. The Hall–Kier alpha value is -1.16. The van der Waals surface area contributed by atoms with Crippen molar-refractivity contribution in [2.24, 2.45) is 5.92 Å². The van der Waals surface area contributed by atoms with Gasteiger partial charge in [-0.15, -0.1) is 0 Å². The van der Waals surface area contributed by atoms with E-state index in [0.29, 0.717) is 0 Å². The molecule has 0 radical (unpaired) electrons. The summed E-state index contributed by atoms with van der Waals surface area (Å²) >= 11 is 0.810. The molecule has 1 aromatic carbocycles. The van der Waals surface area contributed by atoms with E-state index in [4.69, 9.17) is 10.2 Å². The minimum absolute atomic E-state index is 0.344. The third-order valence-corrected chi connectivity index (χ3v) is 5.98. The second kappa shape index (κ2) is 18.2. The molecule has 0 saturated heterocycles. The van der Waals surface area contributed by atoms with Crippen LogP contribution < -0.4 is 3.07 Å². The molecular formula is C22H33HgO4. The Morgan fingerprint density at radius 2 is 1.52 bits per heavy atom. The summed E-state index contributed by atoms with van der Waals surface area (Å²) in [5.74, 6) is -3.05. The van der Waals surface area contributed by atoms with E-state index in [2.05, 4.69) is 37.3 Å². The number of hydrogen-bond acceptors (Lipinski definition) is 2. The molecule has 4 nitrogen and oxygen atoms in total. The summed E-state index contributed by atoms with van der Waals surface area (Å²) < 4.78 is 1.52. The molecule has 0 spiro atoms. The van der Waals surface area contributed by atoms with Crippen molar-refractivity contribution in [2.45, 2.75) is 71.1 Å².